The summed E-state index contributed by atoms with van der Waals surface area (Å²) in [7, 11) is 8.39. The van der Waals surface area contributed by atoms with Crippen molar-refractivity contribution in [1.82, 2.24) is 46.2 Å². The Morgan fingerprint density at radius 2 is 1.46 bits per heavy atom. The van der Waals surface area contributed by atoms with E-state index in [1.807, 2.05) is 64.7 Å². The summed E-state index contributed by atoms with van der Waals surface area (Å²) in [6.45, 7) is 10.1. The topological polar surface area (TPSA) is 255 Å². The van der Waals surface area contributed by atoms with Crippen molar-refractivity contribution in [3.05, 3.63) is 41.2 Å². The number of benzene rings is 1. The zero-order chi connectivity index (χ0) is 60.3. The van der Waals surface area contributed by atoms with Crippen molar-refractivity contribution in [2.75, 3.05) is 79.4 Å². The number of carbonyl (C=O) groups is 7. The molecule has 20 nitrogen and oxygen atoms in total. The van der Waals surface area contributed by atoms with Crippen LogP contribution in [0, 0.1) is 17.8 Å². The van der Waals surface area contributed by atoms with Gasteiger partial charge in [-0.25, -0.2) is 0 Å². The minimum atomic E-state index is -0.953. The number of hydrogen-bond acceptors (Lipinski definition) is 16. The lowest BCUT2D eigenvalue weighted by Crippen LogP contribution is -2.55. The van der Waals surface area contributed by atoms with Gasteiger partial charge < -0.3 is 45.7 Å². The van der Waals surface area contributed by atoms with Crippen LogP contribution in [0.3, 0.4) is 0 Å². The van der Waals surface area contributed by atoms with E-state index in [4.69, 9.17) is 19.9 Å². The summed E-state index contributed by atoms with van der Waals surface area (Å²) in [5.41, 5.74) is 13.9. The number of rotatable bonds is 35. The van der Waals surface area contributed by atoms with Crippen LogP contribution in [0.15, 0.2) is 35.7 Å². The molecule has 1 aromatic carbocycles. The number of hydrazine groups is 1. The van der Waals surface area contributed by atoms with Crippen LogP contribution >= 0.6 is 35.5 Å². The molecule has 2 saturated carbocycles. The lowest BCUT2D eigenvalue weighted by Gasteiger charge is -2.39. The number of ether oxygens (including phenoxy) is 3. The van der Waals surface area contributed by atoms with Crippen molar-refractivity contribution in [3.8, 4) is 5.75 Å². The lowest BCUT2D eigenvalue weighted by molar-refractivity contribution is -0.146. The number of carbonyl (C=O) groups excluding carboxylic acids is 7. The van der Waals surface area contributed by atoms with Gasteiger partial charge in [-0.15, -0.1) is 0 Å². The summed E-state index contributed by atoms with van der Waals surface area (Å²) >= 11 is 5.01. The third kappa shape index (κ3) is 23.6. The summed E-state index contributed by atoms with van der Waals surface area (Å²) in [5, 5.41) is 10.2. The zero-order valence-electron chi connectivity index (χ0n) is 50.9. The Hall–Kier alpha value is -4.42. The summed E-state index contributed by atoms with van der Waals surface area (Å²) < 4.78 is 20.7. The summed E-state index contributed by atoms with van der Waals surface area (Å²) in [4.78, 5) is 99.6. The van der Waals surface area contributed by atoms with Gasteiger partial charge in [-0.05, 0) is 107 Å². The predicted octanol–water partition coefficient (Wildman–Crippen LogP) is 5.54. The minimum Gasteiger partial charge on any atom is -0.484 e. The molecule has 2 aliphatic carbocycles. The molecule has 1 heterocycles. The average molecular weight is 1210 g/mol. The van der Waals surface area contributed by atoms with Crippen molar-refractivity contribution < 1.29 is 47.8 Å². The van der Waals surface area contributed by atoms with Crippen molar-refractivity contribution in [2.24, 2.45) is 23.5 Å². The van der Waals surface area contributed by atoms with Crippen LogP contribution in [0.2, 0.25) is 0 Å². The molecule has 3 fully saturated rings. The third-order valence-corrected chi connectivity index (χ3v) is 19.0. The van der Waals surface area contributed by atoms with Crippen LogP contribution < -0.4 is 42.0 Å². The minimum absolute atomic E-state index is 0.0256. The van der Waals surface area contributed by atoms with Crippen molar-refractivity contribution in [1.29, 1.82) is 0 Å². The maximum atomic E-state index is 14.4. The Morgan fingerprint density at radius 1 is 0.793 bits per heavy atom. The van der Waals surface area contributed by atoms with Gasteiger partial charge in [-0.3, -0.25) is 54.0 Å². The standard InChI is InChI=1S/C59H100N10O10S3/c1-12-39(4)55(68(8)53(73)34-62-59(76)54(38(2)3)67(6)7)49(77-9)33-52(72)69-31-19-22-48(69)56(78-10)40(5)57(74)63-46(58(75)66-82-44-28-29-44)32-41-24-26-42(27-25-41)79-35-51(71)65-64-50(70)23-18-30-61-47(45(60)36-80-11)37-81-43-20-16-14-13-15-17-21-43/h24-27,38-40,43-44,46,48-49,54-56,61H,12-23,28-37,60H2,1-11H3,(H,62,76)(H,63,74)(H,64,70)(H,65,71)(H,66,75)/b47-45-/t39-,40+,46?,48?,49?,54?,55?,56+/m0/s1. The molecule has 23 heteroatoms. The van der Waals surface area contributed by atoms with E-state index in [2.05, 4.69) is 31.5 Å². The average Bonchev–Trinajstić information content (AvgIpc) is 4.27. The van der Waals surface area contributed by atoms with E-state index < -0.39 is 54.1 Å². The van der Waals surface area contributed by atoms with Crippen LogP contribution in [0.5, 0.6) is 5.75 Å². The number of likely N-dealkylation sites (N-methyl/N-ethyl adjacent to an activating group) is 2. The fraction of sp³-hybridized carbons (Fsp3) is 0.746. The Kier molecular flexibility index (Phi) is 31.7. The molecule has 82 heavy (non-hydrogen) atoms. The molecule has 5 unspecified atom stereocenters. The third-order valence-electron chi connectivity index (χ3n) is 15.9. The van der Waals surface area contributed by atoms with Gasteiger partial charge in [0.25, 0.3) is 11.8 Å². The van der Waals surface area contributed by atoms with E-state index in [0.29, 0.717) is 55.0 Å². The summed E-state index contributed by atoms with van der Waals surface area (Å²) in [6, 6.07) is 4.59. The molecule has 4 rings (SSSR count). The monoisotopic (exact) mass is 1200 g/mol. The highest BCUT2D eigenvalue weighted by Gasteiger charge is 2.43. The molecule has 0 aromatic heterocycles. The highest BCUT2D eigenvalue weighted by atomic mass is 32.2. The van der Waals surface area contributed by atoms with E-state index in [1.54, 1.807) is 59.8 Å². The van der Waals surface area contributed by atoms with E-state index in [1.165, 1.54) is 71.1 Å². The number of amides is 7. The molecule has 8 N–H and O–H groups in total. The summed E-state index contributed by atoms with van der Waals surface area (Å²) in [5.74, 6) is -1.19. The molecule has 464 valence electrons. The Balaban J connectivity index is 1.30. The van der Waals surface area contributed by atoms with Gasteiger partial charge in [0.05, 0.1) is 49.2 Å². The van der Waals surface area contributed by atoms with Gasteiger partial charge in [0.15, 0.2) is 6.61 Å². The number of likely N-dealkylation sites (tertiary alicyclic amines) is 1. The van der Waals surface area contributed by atoms with Gasteiger partial charge in [0, 0.05) is 80.6 Å². The second kappa shape index (κ2) is 37.1. The van der Waals surface area contributed by atoms with Gasteiger partial charge in [-0.1, -0.05) is 85.3 Å². The zero-order valence-corrected chi connectivity index (χ0v) is 53.4. The van der Waals surface area contributed by atoms with Gasteiger partial charge in [0.2, 0.25) is 29.5 Å². The largest absolute Gasteiger partial charge is 0.484 e. The van der Waals surface area contributed by atoms with Gasteiger partial charge in [-0.2, -0.15) is 23.5 Å². The molecule has 8 atom stereocenters. The maximum Gasteiger partial charge on any atom is 0.276 e. The van der Waals surface area contributed by atoms with E-state index in [-0.39, 0.29) is 73.8 Å². The molecule has 3 aliphatic rings. The second-order valence-electron chi connectivity index (χ2n) is 22.8. The Morgan fingerprint density at radius 3 is 2.07 bits per heavy atom. The number of thioether (sulfide) groups is 2. The van der Waals surface area contributed by atoms with Gasteiger partial charge >= 0.3 is 0 Å². The first-order valence-electron chi connectivity index (χ1n) is 29.6. The quantitative estimate of drug-likeness (QED) is 0.0250. The molecule has 1 aliphatic heterocycles. The van der Waals surface area contributed by atoms with Crippen LogP contribution in [0.4, 0.5) is 0 Å². The predicted molar refractivity (Wildman–Crippen MR) is 329 cm³/mol. The van der Waals surface area contributed by atoms with E-state index in [0.717, 1.165) is 41.3 Å². The number of hydrogen-bond donors (Lipinski definition) is 7. The molecule has 7 amide bonds. The van der Waals surface area contributed by atoms with Crippen LogP contribution in [-0.4, -0.2) is 182 Å². The number of nitrogens with one attached hydrogen (secondary N) is 6. The Labute approximate surface area is 502 Å². The molecule has 0 bridgehead atoms. The van der Waals surface area contributed by atoms with Crippen molar-refractivity contribution >= 4 is 76.8 Å². The smallest absolute Gasteiger partial charge is 0.276 e. The molecule has 1 aromatic rings. The highest BCUT2D eigenvalue weighted by Crippen LogP contribution is 2.33. The molecule has 0 radical (unpaired) electrons. The highest BCUT2D eigenvalue weighted by molar-refractivity contribution is 8.00. The van der Waals surface area contributed by atoms with E-state index >= 15 is 0 Å². The van der Waals surface area contributed by atoms with Gasteiger partial charge in [0.1, 0.15) is 11.8 Å². The van der Waals surface area contributed by atoms with Crippen LogP contribution in [0.25, 0.3) is 0 Å². The first kappa shape index (κ1) is 70.1. The van der Waals surface area contributed by atoms with E-state index in [9.17, 15) is 33.6 Å². The van der Waals surface area contributed by atoms with Crippen molar-refractivity contribution in [3.63, 3.8) is 0 Å². The molecule has 1 saturated heterocycles. The normalized spacial score (nSPS) is 18.8. The maximum absolute atomic E-state index is 14.4. The van der Waals surface area contributed by atoms with Crippen LogP contribution in [-0.2, 0) is 49.5 Å². The molecular formula is C59H100N10O10S3. The first-order valence-corrected chi connectivity index (χ1v) is 33.0. The number of nitrogens with two attached hydrogens (primary N) is 1. The number of methoxy groups -OCH3 is 2. The fourth-order valence-electron chi connectivity index (χ4n) is 10.9. The SMILES string of the molecule is CC[C@H](C)C(C(CC(=O)N1CCCC1[C@H](OC)[C@@H](C)C(=O)NC(Cc1ccc(OCC(=O)NNC(=O)CCCN/C(CSC2CCCCCCC2)=C(\N)CSC)cc1)C(=O)NSC1CC1)OC)N(C)C(=O)CNC(=O)C(C(C)C)N(C)C. The van der Waals surface area contributed by atoms with Crippen molar-refractivity contribution in [2.45, 2.75) is 184 Å². The first-order chi connectivity index (χ1) is 39.2. The molecular weight excluding hydrogens is 1100 g/mol. The number of nitrogens with zero attached hydrogens (tertiary/aromatic N) is 3. The van der Waals surface area contributed by atoms with Crippen LogP contribution in [0.1, 0.15) is 136 Å². The Bertz CT molecular complexity index is 2190. The molecule has 0 spiro atoms. The second-order valence-corrected chi connectivity index (χ2v) is 26.1. The summed E-state index contributed by atoms with van der Waals surface area (Å²) in [6.07, 6.45) is 14.5. The lowest BCUT2D eigenvalue weighted by atomic mass is 9.90. The fourth-order valence-corrected chi connectivity index (χ4v) is 13.5.